The van der Waals surface area contributed by atoms with Crippen LogP contribution in [0.1, 0.15) is 19.3 Å². The highest BCUT2D eigenvalue weighted by Gasteiger charge is 2.55. The van der Waals surface area contributed by atoms with E-state index in [1.807, 2.05) is 0 Å². The average molecular weight is 449 g/mol. The molecule has 8 nitrogen and oxygen atoms in total. The van der Waals surface area contributed by atoms with E-state index in [9.17, 15) is 18.6 Å². The molecule has 2 aromatic carbocycles. The number of carbonyl (C=O) groups is 2. The van der Waals surface area contributed by atoms with Crippen LogP contribution >= 0.6 is 7.60 Å². The molecule has 1 aliphatic heterocycles. The van der Waals surface area contributed by atoms with Crippen molar-refractivity contribution in [3.05, 3.63) is 60.7 Å². The van der Waals surface area contributed by atoms with Crippen LogP contribution in [0.3, 0.4) is 0 Å². The van der Waals surface area contributed by atoms with Gasteiger partial charge in [-0.2, -0.15) is 0 Å². The maximum absolute atomic E-state index is 14.9. The van der Waals surface area contributed by atoms with Gasteiger partial charge < -0.3 is 20.5 Å². The van der Waals surface area contributed by atoms with Crippen LogP contribution in [0.4, 0.5) is 4.48 Å². The van der Waals surface area contributed by atoms with Gasteiger partial charge in [0.15, 0.2) is 11.6 Å². The molecule has 10 heteroatoms. The number of halogens is 1. The number of benzene rings is 2. The van der Waals surface area contributed by atoms with Crippen molar-refractivity contribution in [3.63, 3.8) is 0 Å². The van der Waals surface area contributed by atoms with Crippen LogP contribution in [0.15, 0.2) is 60.7 Å². The lowest BCUT2D eigenvalue weighted by atomic mass is 9.95. The lowest BCUT2D eigenvalue weighted by Gasteiger charge is -2.30. The van der Waals surface area contributed by atoms with E-state index in [1.165, 1.54) is 0 Å². The van der Waals surface area contributed by atoms with E-state index in [0.717, 1.165) is 0 Å². The Kier molecular flexibility index (Phi) is 7.43. The van der Waals surface area contributed by atoms with Gasteiger partial charge in [0.2, 0.25) is 5.91 Å². The molecule has 3 rings (SSSR count). The number of nitrogens with zero attached hydrogens (tertiary/aromatic N) is 1. The molecule has 1 amide bonds. The van der Waals surface area contributed by atoms with E-state index in [2.05, 4.69) is 0 Å². The Morgan fingerprint density at radius 2 is 1.58 bits per heavy atom. The third kappa shape index (κ3) is 5.70. The highest BCUT2D eigenvalue weighted by atomic mass is 31.2. The molecule has 3 atom stereocenters. The van der Waals surface area contributed by atoms with Crippen LogP contribution in [-0.4, -0.2) is 35.2 Å². The van der Waals surface area contributed by atoms with Gasteiger partial charge in [0.05, 0.1) is 12.0 Å². The summed E-state index contributed by atoms with van der Waals surface area (Å²) in [6.07, 6.45) is 0.0277. The zero-order valence-corrected chi connectivity index (χ0v) is 17.7. The molecule has 0 saturated carbocycles. The van der Waals surface area contributed by atoms with Crippen molar-refractivity contribution in [2.45, 2.75) is 31.1 Å². The normalized spacial score (nSPS) is 20.2. The summed E-state index contributed by atoms with van der Waals surface area (Å²) < 4.78 is 40.3. The van der Waals surface area contributed by atoms with Crippen LogP contribution in [0.2, 0.25) is 0 Å². The van der Waals surface area contributed by atoms with Crippen LogP contribution in [-0.2, 0) is 14.2 Å². The van der Waals surface area contributed by atoms with Crippen molar-refractivity contribution in [2.75, 3.05) is 6.54 Å². The maximum Gasteiger partial charge on any atom is 0.451 e. The molecule has 0 aliphatic carbocycles. The Morgan fingerprint density at radius 1 is 1.06 bits per heavy atom. The standard InChI is InChI=1S/C21H25FN3O5P/c22-25-14-13-17(20(27)18(23)11-12-19(24)26)21(25)31(28,29-15-7-3-1-4-8-15)30-16-9-5-2-6-10-16/h1-10,17-18,21H,11-14,23H2,(H2,24,26)/t17-,18?,21+/m1/s1. The van der Waals surface area contributed by atoms with Crippen molar-refractivity contribution in [1.29, 1.82) is 0 Å². The molecule has 1 fully saturated rings. The topological polar surface area (TPSA) is 125 Å². The van der Waals surface area contributed by atoms with Gasteiger partial charge in [-0.05, 0) is 37.1 Å². The van der Waals surface area contributed by atoms with Gasteiger partial charge in [0.25, 0.3) is 0 Å². The number of rotatable bonds is 10. The Hall–Kier alpha value is -2.74. The average Bonchev–Trinajstić information content (AvgIpc) is 3.15. The van der Waals surface area contributed by atoms with Gasteiger partial charge in [0.1, 0.15) is 11.5 Å². The highest BCUT2D eigenvalue weighted by Crippen LogP contribution is 2.58. The maximum atomic E-state index is 14.9. The largest absolute Gasteiger partial charge is 0.451 e. The second-order valence-corrected chi connectivity index (χ2v) is 9.27. The van der Waals surface area contributed by atoms with E-state index in [1.54, 1.807) is 60.7 Å². The molecule has 0 bridgehead atoms. The van der Waals surface area contributed by atoms with Crippen molar-refractivity contribution in [3.8, 4) is 11.5 Å². The minimum Gasteiger partial charge on any atom is -0.415 e. The monoisotopic (exact) mass is 449 g/mol. The third-order valence-corrected chi connectivity index (χ3v) is 7.20. The summed E-state index contributed by atoms with van der Waals surface area (Å²) >= 11 is 0. The minimum atomic E-state index is -4.27. The summed E-state index contributed by atoms with van der Waals surface area (Å²) in [5.74, 6) is -3.20. The molecular weight excluding hydrogens is 424 g/mol. The van der Waals surface area contributed by atoms with Gasteiger partial charge in [0, 0.05) is 13.0 Å². The first kappa shape index (κ1) is 22.9. The molecular formula is C21H25FN3O5P. The summed E-state index contributed by atoms with van der Waals surface area (Å²) in [6, 6.07) is 15.4. The third-order valence-electron chi connectivity index (χ3n) is 5.01. The molecule has 0 aromatic heterocycles. The molecule has 4 N–H and O–H groups in total. The zero-order valence-electron chi connectivity index (χ0n) is 16.8. The van der Waals surface area contributed by atoms with Crippen LogP contribution in [0.25, 0.3) is 0 Å². The lowest BCUT2D eigenvalue weighted by molar-refractivity contribution is -0.125. The van der Waals surface area contributed by atoms with Gasteiger partial charge in [-0.1, -0.05) is 36.4 Å². The van der Waals surface area contributed by atoms with E-state index in [-0.39, 0.29) is 37.3 Å². The highest BCUT2D eigenvalue weighted by molar-refractivity contribution is 7.55. The molecule has 0 radical (unpaired) electrons. The molecule has 1 unspecified atom stereocenters. The van der Waals surface area contributed by atoms with Crippen molar-refractivity contribution < 1.29 is 27.7 Å². The second kappa shape index (κ2) is 10.0. The number of Topliss-reactive ketones (excluding diaryl/α,β-unsaturated/α-hetero) is 1. The minimum absolute atomic E-state index is 0.0209. The fourth-order valence-corrected chi connectivity index (χ4v) is 5.74. The molecule has 31 heavy (non-hydrogen) atoms. The first-order chi connectivity index (χ1) is 14.8. The van der Waals surface area contributed by atoms with E-state index >= 15 is 0 Å². The van der Waals surface area contributed by atoms with Crippen molar-refractivity contribution in [1.82, 2.24) is 5.12 Å². The smallest absolute Gasteiger partial charge is 0.415 e. The number of para-hydroxylation sites is 2. The van der Waals surface area contributed by atoms with E-state index in [4.69, 9.17) is 20.5 Å². The molecule has 2 aromatic rings. The molecule has 0 spiro atoms. The number of carbonyl (C=O) groups excluding carboxylic acids is 2. The number of hydrogen-bond donors (Lipinski definition) is 2. The number of hydrogen-bond acceptors (Lipinski definition) is 7. The van der Waals surface area contributed by atoms with Gasteiger partial charge >= 0.3 is 7.60 Å². The number of amides is 1. The van der Waals surface area contributed by atoms with Crippen molar-refractivity contribution in [2.24, 2.45) is 17.4 Å². The Morgan fingerprint density at radius 3 is 2.06 bits per heavy atom. The molecule has 1 saturated heterocycles. The van der Waals surface area contributed by atoms with Crippen molar-refractivity contribution >= 4 is 19.3 Å². The Bertz CT molecular complexity index is 901. The summed E-state index contributed by atoms with van der Waals surface area (Å²) in [4.78, 5) is 24.0. The Labute approximate surface area is 179 Å². The van der Waals surface area contributed by atoms with Crippen LogP contribution in [0, 0.1) is 5.92 Å². The molecule has 166 valence electrons. The SMILES string of the molecule is NC(=O)CCC(N)C(=O)[C@H]1CCN(F)[C@H]1P(=O)(Oc1ccccc1)Oc1ccccc1. The summed E-state index contributed by atoms with van der Waals surface area (Å²) in [6.45, 7) is -0.135. The lowest BCUT2D eigenvalue weighted by Crippen LogP contribution is -2.42. The second-order valence-electron chi connectivity index (χ2n) is 7.29. The Balaban J connectivity index is 1.92. The number of nitrogens with two attached hydrogens (primary N) is 2. The van der Waals surface area contributed by atoms with Gasteiger partial charge in [-0.15, -0.1) is 9.60 Å². The fourth-order valence-electron chi connectivity index (χ4n) is 3.50. The molecule has 1 heterocycles. The van der Waals surface area contributed by atoms with Gasteiger partial charge in [-0.25, -0.2) is 4.57 Å². The number of primary amides is 1. The predicted octanol–water partition coefficient (Wildman–Crippen LogP) is 3.03. The van der Waals surface area contributed by atoms with E-state index < -0.39 is 37.0 Å². The van der Waals surface area contributed by atoms with Crippen LogP contribution in [0.5, 0.6) is 11.5 Å². The number of ketones is 1. The predicted molar refractivity (Wildman–Crippen MR) is 113 cm³/mol. The van der Waals surface area contributed by atoms with Crippen LogP contribution < -0.4 is 20.5 Å². The quantitative estimate of drug-likeness (QED) is 0.422. The summed E-state index contributed by atoms with van der Waals surface area (Å²) in [5, 5.41) is 0.316. The summed E-state index contributed by atoms with van der Waals surface area (Å²) in [5.41, 5.74) is 11.1. The summed E-state index contributed by atoms with van der Waals surface area (Å²) in [7, 11) is -4.27. The fraction of sp³-hybridized carbons (Fsp3) is 0.333. The first-order valence-corrected chi connectivity index (χ1v) is 11.5. The zero-order chi connectivity index (χ0) is 22.4. The van der Waals surface area contributed by atoms with E-state index in [0.29, 0.717) is 5.12 Å². The van der Waals surface area contributed by atoms with Gasteiger partial charge in [-0.3, -0.25) is 9.59 Å². The molecule has 1 aliphatic rings. The first-order valence-electron chi connectivity index (χ1n) is 9.89.